The summed E-state index contributed by atoms with van der Waals surface area (Å²) in [6.45, 7) is 0.587. The van der Waals surface area contributed by atoms with E-state index < -0.39 is 9.05 Å². The normalized spacial score (nSPS) is 11.9. The van der Waals surface area contributed by atoms with Gasteiger partial charge in [0.25, 0.3) is 14.2 Å². The summed E-state index contributed by atoms with van der Waals surface area (Å²) in [6.07, 6.45) is 1.32. The van der Waals surface area contributed by atoms with Crippen LogP contribution in [-0.4, -0.2) is 37.3 Å². The molecular formula is C6H10ClN3O3S. The summed E-state index contributed by atoms with van der Waals surface area (Å²) in [5.74, 6) is 0.487. The highest BCUT2D eigenvalue weighted by Crippen LogP contribution is 2.08. The van der Waals surface area contributed by atoms with E-state index in [-0.39, 0.29) is 5.16 Å². The van der Waals surface area contributed by atoms with E-state index in [1.807, 2.05) is 0 Å². The van der Waals surface area contributed by atoms with Gasteiger partial charge in [0.05, 0.1) is 0 Å². The number of nitrogens with zero attached hydrogens (tertiary/aromatic N) is 2. The highest BCUT2D eigenvalue weighted by molar-refractivity contribution is 8.13. The summed E-state index contributed by atoms with van der Waals surface area (Å²) in [5, 5.41) is 5.58. The SMILES string of the molecule is COCCCc1nc(S(=O)(=O)Cl)n[nH]1. The molecule has 1 aromatic rings. The number of hydrogen-bond donors (Lipinski definition) is 1. The van der Waals surface area contributed by atoms with Crippen LogP contribution in [0.2, 0.25) is 0 Å². The Morgan fingerprint density at radius 3 is 2.79 bits per heavy atom. The predicted molar refractivity (Wildman–Crippen MR) is 49.6 cm³/mol. The van der Waals surface area contributed by atoms with Crippen molar-refractivity contribution in [3.8, 4) is 0 Å². The summed E-state index contributed by atoms with van der Waals surface area (Å²) >= 11 is 0. The van der Waals surface area contributed by atoms with E-state index in [0.29, 0.717) is 18.9 Å². The first-order valence-electron chi connectivity index (χ1n) is 3.89. The third-order valence-electron chi connectivity index (χ3n) is 1.49. The number of aromatic nitrogens is 3. The van der Waals surface area contributed by atoms with Crippen molar-refractivity contribution in [1.82, 2.24) is 15.2 Å². The summed E-state index contributed by atoms with van der Waals surface area (Å²) in [6, 6.07) is 0. The van der Waals surface area contributed by atoms with E-state index in [2.05, 4.69) is 15.2 Å². The van der Waals surface area contributed by atoms with Crippen molar-refractivity contribution >= 4 is 19.7 Å². The minimum atomic E-state index is -3.83. The Morgan fingerprint density at radius 2 is 2.29 bits per heavy atom. The zero-order valence-corrected chi connectivity index (χ0v) is 9.10. The molecule has 0 unspecified atom stereocenters. The molecule has 0 spiro atoms. The Bertz CT molecular complexity index is 389. The van der Waals surface area contributed by atoms with Crippen molar-refractivity contribution in [2.75, 3.05) is 13.7 Å². The van der Waals surface area contributed by atoms with Gasteiger partial charge >= 0.3 is 0 Å². The lowest BCUT2D eigenvalue weighted by Gasteiger charge is -1.94. The van der Waals surface area contributed by atoms with E-state index in [0.717, 1.165) is 6.42 Å². The first kappa shape index (κ1) is 11.4. The van der Waals surface area contributed by atoms with E-state index in [4.69, 9.17) is 15.4 Å². The maximum absolute atomic E-state index is 10.8. The second kappa shape index (κ2) is 4.72. The largest absolute Gasteiger partial charge is 0.385 e. The highest BCUT2D eigenvalue weighted by atomic mass is 35.7. The number of methoxy groups -OCH3 is 1. The Morgan fingerprint density at radius 1 is 1.57 bits per heavy atom. The third kappa shape index (κ3) is 3.24. The van der Waals surface area contributed by atoms with Crippen molar-refractivity contribution in [3.05, 3.63) is 5.82 Å². The molecule has 0 fully saturated rings. The maximum Gasteiger partial charge on any atom is 0.298 e. The van der Waals surface area contributed by atoms with Gasteiger partial charge < -0.3 is 4.74 Å². The number of hydrogen-bond acceptors (Lipinski definition) is 5. The first-order chi connectivity index (χ1) is 6.54. The smallest absolute Gasteiger partial charge is 0.298 e. The molecule has 1 N–H and O–H groups in total. The molecule has 0 saturated carbocycles. The van der Waals surface area contributed by atoms with Gasteiger partial charge in [-0.1, -0.05) is 0 Å². The van der Waals surface area contributed by atoms with Crippen LogP contribution in [0.4, 0.5) is 0 Å². The van der Waals surface area contributed by atoms with Crippen LogP contribution in [0.1, 0.15) is 12.2 Å². The lowest BCUT2D eigenvalue weighted by atomic mass is 10.3. The summed E-state index contributed by atoms with van der Waals surface area (Å²) in [7, 11) is 2.80. The molecule has 0 aromatic carbocycles. The van der Waals surface area contributed by atoms with E-state index in [1.165, 1.54) is 0 Å². The van der Waals surface area contributed by atoms with Crippen molar-refractivity contribution in [3.63, 3.8) is 0 Å². The number of ether oxygens (including phenoxy) is 1. The van der Waals surface area contributed by atoms with Gasteiger partial charge in [-0.25, -0.2) is 13.4 Å². The van der Waals surface area contributed by atoms with Crippen molar-refractivity contribution in [1.29, 1.82) is 0 Å². The molecule has 1 heterocycles. The Kier molecular flexibility index (Phi) is 3.85. The quantitative estimate of drug-likeness (QED) is 0.591. The fourth-order valence-corrected chi connectivity index (χ4v) is 1.46. The average Bonchev–Trinajstić information content (AvgIpc) is 2.52. The molecule has 0 radical (unpaired) electrons. The lowest BCUT2D eigenvalue weighted by molar-refractivity contribution is 0.194. The van der Waals surface area contributed by atoms with Gasteiger partial charge in [-0.05, 0) is 6.42 Å². The van der Waals surface area contributed by atoms with Crippen molar-refractivity contribution in [2.24, 2.45) is 0 Å². The maximum atomic E-state index is 10.8. The van der Waals surface area contributed by atoms with Crippen LogP contribution in [0.25, 0.3) is 0 Å². The second-order valence-electron chi connectivity index (χ2n) is 2.60. The highest BCUT2D eigenvalue weighted by Gasteiger charge is 2.16. The van der Waals surface area contributed by atoms with Gasteiger partial charge in [0.2, 0.25) is 0 Å². The zero-order chi connectivity index (χ0) is 10.6. The van der Waals surface area contributed by atoms with Crippen molar-refractivity contribution in [2.45, 2.75) is 18.0 Å². The van der Waals surface area contributed by atoms with Crippen LogP contribution in [0.3, 0.4) is 0 Å². The van der Waals surface area contributed by atoms with E-state index >= 15 is 0 Å². The van der Waals surface area contributed by atoms with E-state index in [9.17, 15) is 8.42 Å². The van der Waals surface area contributed by atoms with Gasteiger partial charge in [0.15, 0.2) is 0 Å². The Hall–Kier alpha value is -0.660. The van der Waals surface area contributed by atoms with Crippen LogP contribution in [0, 0.1) is 0 Å². The predicted octanol–water partition coefficient (Wildman–Crippen LogP) is 0.311. The molecule has 1 aromatic heterocycles. The molecule has 14 heavy (non-hydrogen) atoms. The topological polar surface area (TPSA) is 84.9 Å². The van der Waals surface area contributed by atoms with Crippen molar-refractivity contribution < 1.29 is 13.2 Å². The first-order valence-corrected chi connectivity index (χ1v) is 6.20. The second-order valence-corrected chi connectivity index (χ2v) is 5.06. The molecule has 0 aliphatic carbocycles. The Labute approximate surface area is 86.1 Å². The monoisotopic (exact) mass is 239 g/mol. The molecule has 0 amide bonds. The summed E-state index contributed by atoms with van der Waals surface area (Å²) < 4.78 is 26.4. The number of aromatic amines is 1. The van der Waals surface area contributed by atoms with Gasteiger partial charge in [-0.2, -0.15) is 0 Å². The standard InChI is InChI=1S/C6H10ClN3O3S/c1-13-4-2-3-5-8-6(10-9-5)14(7,11)12/h2-4H2,1H3,(H,8,9,10). The average molecular weight is 240 g/mol. The third-order valence-corrected chi connectivity index (χ3v) is 2.52. The van der Waals surface area contributed by atoms with Crippen LogP contribution in [-0.2, 0) is 20.2 Å². The molecule has 80 valence electrons. The molecular weight excluding hydrogens is 230 g/mol. The van der Waals surface area contributed by atoms with Gasteiger partial charge in [0.1, 0.15) is 5.82 Å². The molecule has 8 heteroatoms. The molecule has 0 aliphatic rings. The molecule has 1 rings (SSSR count). The lowest BCUT2D eigenvalue weighted by Crippen LogP contribution is -1.95. The summed E-state index contributed by atoms with van der Waals surface area (Å²) in [5.41, 5.74) is 0. The van der Waals surface area contributed by atoms with E-state index in [1.54, 1.807) is 7.11 Å². The fourth-order valence-electron chi connectivity index (χ4n) is 0.883. The van der Waals surface area contributed by atoms with Crippen LogP contribution in [0.5, 0.6) is 0 Å². The van der Waals surface area contributed by atoms with Crippen LogP contribution < -0.4 is 0 Å². The van der Waals surface area contributed by atoms with Gasteiger partial charge in [-0.15, -0.1) is 5.10 Å². The van der Waals surface area contributed by atoms with Crippen LogP contribution >= 0.6 is 10.7 Å². The number of aryl methyl sites for hydroxylation is 1. The molecule has 6 nitrogen and oxygen atoms in total. The molecule has 0 atom stereocenters. The number of rotatable bonds is 5. The molecule has 0 saturated heterocycles. The minimum Gasteiger partial charge on any atom is -0.385 e. The van der Waals surface area contributed by atoms with Gasteiger partial charge in [0, 0.05) is 30.8 Å². The number of nitrogens with one attached hydrogen (secondary N) is 1. The summed E-state index contributed by atoms with van der Waals surface area (Å²) in [4.78, 5) is 3.71. The van der Waals surface area contributed by atoms with Crippen LogP contribution in [0.15, 0.2) is 5.16 Å². The van der Waals surface area contributed by atoms with Gasteiger partial charge in [-0.3, -0.25) is 5.10 Å². The molecule has 0 aliphatic heterocycles. The Balaban J connectivity index is 2.60. The fraction of sp³-hybridized carbons (Fsp3) is 0.667. The number of halogens is 1. The zero-order valence-electron chi connectivity index (χ0n) is 7.53. The minimum absolute atomic E-state index is 0.383. The molecule has 0 bridgehead atoms. The number of H-pyrrole nitrogens is 1.